The van der Waals surface area contributed by atoms with Crippen LogP contribution in [0.25, 0.3) is 0 Å². The van der Waals surface area contributed by atoms with E-state index in [9.17, 15) is 0 Å². The van der Waals surface area contributed by atoms with Gasteiger partial charge in [-0.2, -0.15) is 23.1 Å². The third kappa shape index (κ3) is 1.84. The van der Waals surface area contributed by atoms with Crippen molar-refractivity contribution in [1.82, 2.24) is 5.32 Å². The van der Waals surface area contributed by atoms with E-state index in [0.717, 1.165) is 0 Å². The highest BCUT2D eigenvalue weighted by atomic mass is 32.2. The lowest BCUT2D eigenvalue weighted by atomic mass is 10.1. The van der Waals surface area contributed by atoms with Crippen LogP contribution in [0.2, 0.25) is 0 Å². The minimum Gasteiger partial charge on any atom is -0.306 e. The molecule has 1 aromatic rings. The molecule has 1 aliphatic rings. The topological polar surface area (TPSA) is 12.0 Å². The molecule has 1 N–H and O–H groups in total. The molecule has 2 rings (SSSR count). The van der Waals surface area contributed by atoms with Crippen LogP contribution in [0, 0.1) is 0 Å². The van der Waals surface area contributed by atoms with Gasteiger partial charge in [-0.25, -0.2) is 0 Å². The SMILES string of the molecule is CC1CSCC(c2ccsc2)N1. The largest absolute Gasteiger partial charge is 0.306 e. The summed E-state index contributed by atoms with van der Waals surface area (Å²) in [6.45, 7) is 2.26. The average Bonchev–Trinajstić information content (AvgIpc) is 2.56. The first-order valence-electron chi connectivity index (χ1n) is 4.22. The first-order valence-corrected chi connectivity index (χ1v) is 6.32. The molecule has 1 saturated heterocycles. The predicted octanol–water partition coefficient (Wildman–Crippen LogP) is 2.51. The van der Waals surface area contributed by atoms with Crippen LogP contribution < -0.4 is 5.32 Å². The summed E-state index contributed by atoms with van der Waals surface area (Å²) in [4.78, 5) is 0. The van der Waals surface area contributed by atoms with Crippen LogP contribution in [0.3, 0.4) is 0 Å². The van der Waals surface area contributed by atoms with Crippen molar-refractivity contribution in [1.29, 1.82) is 0 Å². The Morgan fingerprint density at radius 3 is 3.08 bits per heavy atom. The Morgan fingerprint density at radius 2 is 2.42 bits per heavy atom. The summed E-state index contributed by atoms with van der Waals surface area (Å²) in [6, 6.07) is 3.47. The third-order valence-electron chi connectivity index (χ3n) is 2.08. The molecule has 0 aliphatic carbocycles. The summed E-state index contributed by atoms with van der Waals surface area (Å²) in [5, 5.41) is 8.00. The molecule has 0 bridgehead atoms. The second kappa shape index (κ2) is 3.81. The standard InChI is InChI=1S/C9H13NS2/c1-7-4-12-6-9(10-7)8-2-3-11-5-8/h2-3,5,7,9-10H,4,6H2,1H3. The first-order chi connectivity index (χ1) is 5.86. The molecule has 2 heterocycles. The molecule has 0 amide bonds. The maximum absolute atomic E-state index is 3.60. The van der Waals surface area contributed by atoms with Gasteiger partial charge in [-0.3, -0.25) is 0 Å². The van der Waals surface area contributed by atoms with Crippen molar-refractivity contribution in [2.75, 3.05) is 11.5 Å². The van der Waals surface area contributed by atoms with Gasteiger partial charge in [0.2, 0.25) is 0 Å². The normalized spacial score (nSPS) is 30.4. The van der Waals surface area contributed by atoms with Gasteiger partial charge < -0.3 is 5.32 Å². The summed E-state index contributed by atoms with van der Waals surface area (Å²) in [5.41, 5.74) is 1.46. The second-order valence-electron chi connectivity index (χ2n) is 3.21. The van der Waals surface area contributed by atoms with Crippen LogP contribution in [0.4, 0.5) is 0 Å². The van der Waals surface area contributed by atoms with Crippen LogP contribution in [0.5, 0.6) is 0 Å². The van der Waals surface area contributed by atoms with Crippen LogP contribution in [-0.2, 0) is 0 Å². The maximum atomic E-state index is 3.60. The van der Waals surface area contributed by atoms with Crippen molar-refractivity contribution in [2.45, 2.75) is 19.0 Å². The van der Waals surface area contributed by atoms with E-state index < -0.39 is 0 Å². The predicted molar refractivity (Wildman–Crippen MR) is 57.0 cm³/mol. The van der Waals surface area contributed by atoms with Gasteiger partial charge in [0.15, 0.2) is 0 Å². The van der Waals surface area contributed by atoms with E-state index in [0.29, 0.717) is 12.1 Å². The molecule has 0 saturated carbocycles. The van der Waals surface area contributed by atoms with Gasteiger partial charge in [-0.1, -0.05) is 0 Å². The van der Waals surface area contributed by atoms with Gasteiger partial charge in [-0.05, 0) is 29.3 Å². The zero-order chi connectivity index (χ0) is 8.39. The van der Waals surface area contributed by atoms with Gasteiger partial charge in [0.25, 0.3) is 0 Å². The summed E-state index contributed by atoms with van der Waals surface area (Å²) in [6.07, 6.45) is 0. The van der Waals surface area contributed by atoms with Crippen molar-refractivity contribution in [3.8, 4) is 0 Å². The molecule has 3 heteroatoms. The fourth-order valence-corrected chi connectivity index (χ4v) is 3.29. The first kappa shape index (κ1) is 8.60. The Hall–Kier alpha value is 0.01000. The van der Waals surface area contributed by atoms with Crippen LogP contribution in [-0.4, -0.2) is 17.5 Å². The summed E-state index contributed by atoms with van der Waals surface area (Å²) in [5.74, 6) is 2.47. The fourth-order valence-electron chi connectivity index (χ4n) is 1.47. The van der Waals surface area contributed by atoms with Crippen LogP contribution in [0.1, 0.15) is 18.5 Å². The molecule has 1 aliphatic heterocycles. The number of rotatable bonds is 1. The van der Waals surface area contributed by atoms with E-state index >= 15 is 0 Å². The molecular formula is C9H13NS2. The van der Waals surface area contributed by atoms with E-state index in [-0.39, 0.29) is 0 Å². The number of hydrogen-bond donors (Lipinski definition) is 1. The van der Waals surface area contributed by atoms with Crippen molar-refractivity contribution >= 4 is 23.1 Å². The lowest BCUT2D eigenvalue weighted by molar-refractivity contribution is 0.503. The molecule has 0 aromatic carbocycles. The highest BCUT2D eigenvalue weighted by Gasteiger charge is 2.19. The van der Waals surface area contributed by atoms with E-state index in [1.165, 1.54) is 17.1 Å². The van der Waals surface area contributed by atoms with Crippen molar-refractivity contribution in [3.05, 3.63) is 22.4 Å². The van der Waals surface area contributed by atoms with Crippen molar-refractivity contribution in [3.63, 3.8) is 0 Å². The van der Waals surface area contributed by atoms with E-state index in [2.05, 4.69) is 40.8 Å². The number of thiophene rings is 1. The monoisotopic (exact) mass is 199 g/mol. The zero-order valence-corrected chi connectivity index (χ0v) is 8.75. The summed E-state index contributed by atoms with van der Waals surface area (Å²) < 4.78 is 0. The minimum absolute atomic E-state index is 0.588. The number of thioether (sulfide) groups is 1. The number of hydrogen-bond acceptors (Lipinski definition) is 3. The molecule has 1 aromatic heterocycles. The molecule has 2 unspecified atom stereocenters. The fraction of sp³-hybridized carbons (Fsp3) is 0.556. The van der Waals surface area contributed by atoms with Gasteiger partial charge >= 0.3 is 0 Å². The molecule has 2 atom stereocenters. The Balaban J connectivity index is 2.04. The van der Waals surface area contributed by atoms with Gasteiger partial charge in [-0.15, -0.1) is 0 Å². The van der Waals surface area contributed by atoms with Crippen LogP contribution >= 0.6 is 23.1 Å². The molecule has 1 fully saturated rings. The second-order valence-corrected chi connectivity index (χ2v) is 5.07. The Morgan fingerprint density at radius 1 is 1.50 bits per heavy atom. The minimum atomic E-state index is 0.588. The highest BCUT2D eigenvalue weighted by Crippen LogP contribution is 2.25. The van der Waals surface area contributed by atoms with E-state index in [4.69, 9.17) is 0 Å². The summed E-state index contributed by atoms with van der Waals surface area (Å²) >= 11 is 3.84. The van der Waals surface area contributed by atoms with E-state index in [1.54, 1.807) is 11.3 Å². The Kier molecular flexibility index (Phi) is 2.73. The third-order valence-corrected chi connectivity index (χ3v) is 4.09. The number of nitrogens with one attached hydrogen (secondary N) is 1. The Bertz CT molecular complexity index is 233. The van der Waals surface area contributed by atoms with Gasteiger partial charge in [0.05, 0.1) is 0 Å². The van der Waals surface area contributed by atoms with Crippen molar-refractivity contribution in [2.24, 2.45) is 0 Å². The quantitative estimate of drug-likeness (QED) is 0.746. The maximum Gasteiger partial charge on any atom is 0.0422 e. The van der Waals surface area contributed by atoms with Crippen LogP contribution in [0.15, 0.2) is 16.8 Å². The lowest BCUT2D eigenvalue weighted by Crippen LogP contribution is -2.37. The highest BCUT2D eigenvalue weighted by molar-refractivity contribution is 7.99. The molecule has 1 nitrogen and oxygen atoms in total. The van der Waals surface area contributed by atoms with Crippen molar-refractivity contribution < 1.29 is 0 Å². The summed E-state index contributed by atoms with van der Waals surface area (Å²) in [7, 11) is 0. The molecule has 0 spiro atoms. The lowest BCUT2D eigenvalue weighted by Gasteiger charge is -2.27. The molecule has 66 valence electrons. The smallest absolute Gasteiger partial charge is 0.0422 e. The zero-order valence-electron chi connectivity index (χ0n) is 7.12. The van der Waals surface area contributed by atoms with Gasteiger partial charge in [0.1, 0.15) is 0 Å². The van der Waals surface area contributed by atoms with Gasteiger partial charge in [0, 0.05) is 23.6 Å². The molecule has 0 radical (unpaired) electrons. The van der Waals surface area contributed by atoms with E-state index in [1.807, 2.05) is 0 Å². The molecular weight excluding hydrogens is 186 g/mol. The average molecular weight is 199 g/mol. The molecule has 12 heavy (non-hydrogen) atoms. The Labute approximate surface area is 81.6 Å².